The molecule has 7 nitrogen and oxygen atoms in total. The molecule has 0 unspecified atom stereocenters. The van der Waals surface area contributed by atoms with Gasteiger partial charge in [0.15, 0.2) is 11.5 Å². The molecule has 1 saturated heterocycles. The molecule has 0 aromatic heterocycles. The molecule has 1 aliphatic heterocycles. The van der Waals surface area contributed by atoms with Crippen LogP contribution in [-0.2, 0) is 16.2 Å². The van der Waals surface area contributed by atoms with Gasteiger partial charge < -0.3 is 14.8 Å². The summed E-state index contributed by atoms with van der Waals surface area (Å²) in [6, 6.07) is 18.1. The number of imide groups is 1. The van der Waals surface area contributed by atoms with Gasteiger partial charge in [-0.05, 0) is 93.6 Å². The second-order valence-electron chi connectivity index (χ2n) is 8.00. The molecule has 0 radical (unpaired) electrons. The Kier molecular flexibility index (Phi) is 9.43. The Morgan fingerprint density at radius 3 is 2.63 bits per heavy atom. The summed E-state index contributed by atoms with van der Waals surface area (Å²) >= 11 is 11.8. The van der Waals surface area contributed by atoms with E-state index in [4.69, 9.17) is 21.1 Å². The maximum atomic E-state index is 13.0. The van der Waals surface area contributed by atoms with E-state index in [0.717, 1.165) is 27.1 Å². The number of thioether (sulfide) groups is 2. The number of ether oxygens (including phenoxy) is 2. The summed E-state index contributed by atoms with van der Waals surface area (Å²) in [5.74, 6) is -0.0508. The van der Waals surface area contributed by atoms with Crippen LogP contribution in [-0.4, -0.2) is 41.9 Å². The molecule has 0 spiro atoms. The Labute approximate surface area is 242 Å². The van der Waals surface area contributed by atoms with Crippen LogP contribution in [0.5, 0.6) is 11.5 Å². The van der Waals surface area contributed by atoms with Gasteiger partial charge in [-0.3, -0.25) is 19.3 Å². The first-order valence-corrected chi connectivity index (χ1v) is 14.4. The molecule has 11 heteroatoms. The molecule has 38 heavy (non-hydrogen) atoms. The first kappa shape index (κ1) is 28.1. The van der Waals surface area contributed by atoms with Gasteiger partial charge in [0.2, 0.25) is 5.91 Å². The lowest BCUT2D eigenvalue weighted by molar-refractivity contribution is -0.127. The summed E-state index contributed by atoms with van der Waals surface area (Å²) in [6.45, 7) is -0.0794. The largest absolute Gasteiger partial charge is 0.493 e. The molecular formula is C27H22BrClN2O5S2. The first-order valence-electron chi connectivity index (χ1n) is 11.2. The number of hydrogen-bond acceptors (Lipinski definition) is 7. The Bertz CT molecular complexity index is 1420. The fourth-order valence-electron chi connectivity index (χ4n) is 3.53. The molecule has 0 bridgehead atoms. The third-order valence-corrected chi connectivity index (χ3v) is 7.85. The number of carbonyl (C=O) groups is 3. The minimum absolute atomic E-state index is 0.205. The normalized spacial score (nSPS) is 14.2. The highest BCUT2D eigenvalue weighted by molar-refractivity contribution is 9.10. The zero-order valence-corrected chi connectivity index (χ0v) is 24.3. The van der Waals surface area contributed by atoms with Gasteiger partial charge in [0.1, 0.15) is 13.2 Å². The zero-order chi connectivity index (χ0) is 27.2. The van der Waals surface area contributed by atoms with Crippen LogP contribution in [0.4, 0.5) is 10.5 Å². The number of anilines is 1. The van der Waals surface area contributed by atoms with Crippen LogP contribution < -0.4 is 14.8 Å². The van der Waals surface area contributed by atoms with Crippen LogP contribution in [0, 0.1) is 0 Å². The van der Waals surface area contributed by atoms with Gasteiger partial charge in [-0.15, -0.1) is 11.8 Å². The number of hydrogen-bond donors (Lipinski definition) is 1. The van der Waals surface area contributed by atoms with Gasteiger partial charge >= 0.3 is 0 Å². The average Bonchev–Trinajstić information content (AvgIpc) is 3.15. The van der Waals surface area contributed by atoms with Gasteiger partial charge in [0.25, 0.3) is 11.1 Å². The van der Waals surface area contributed by atoms with Crippen LogP contribution in [0.2, 0.25) is 5.02 Å². The van der Waals surface area contributed by atoms with Crippen LogP contribution in [0.3, 0.4) is 0 Å². The number of benzene rings is 3. The van der Waals surface area contributed by atoms with Crippen molar-refractivity contribution in [3.05, 3.63) is 86.2 Å². The van der Waals surface area contributed by atoms with Crippen molar-refractivity contribution in [3.63, 3.8) is 0 Å². The van der Waals surface area contributed by atoms with E-state index in [0.29, 0.717) is 38.9 Å². The number of nitrogens with one attached hydrogen (secondary N) is 1. The smallest absolute Gasteiger partial charge is 0.294 e. The fourth-order valence-corrected chi connectivity index (χ4v) is 5.53. The predicted molar refractivity (Wildman–Crippen MR) is 156 cm³/mol. The summed E-state index contributed by atoms with van der Waals surface area (Å²) in [5.41, 5.74) is 2.15. The Morgan fingerprint density at radius 2 is 1.92 bits per heavy atom. The molecular weight excluding hydrogens is 612 g/mol. The van der Waals surface area contributed by atoms with E-state index >= 15 is 0 Å². The monoisotopic (exact) mass is 632 g/mol. The van der Waals surface area contributed by atoms with Gasteiger partial charge in [-0.25, -0.2) is 0 Å². The van der Waals surface area contributed by atoms with Crippen molar-refractivity contribution in [3.8, 4) is 11.5 Å². The molecule has 1 aliphatic rings. The van der Waals surface area contributed by atoms with Crippen molar-refractivity contribution < 1.29 is 23.9 Å². The number of halogens is 2. The van der Waals surface area contributed by atoms with Crippen LogP contribution >= 0.6 is 51.1 Å². The number of methoxy groups -OCH3 is 1. The van der Waals surface area contributed by atoms with Crippen molar-refractivity contribution in [2.24, 2.45) is 0 Å². The molecule has 1 heterocycles. The second-order valence-corrected chi connectivity index (χ2v) is 11.2. The predicted octanol–water partition coefficient (Wildman–Crippen LogP) is 7.09. The molecule has 1 N–H and O–H groups in total. The third kappa shape index (κ3) is 6.93. The molecule has 4 rings (SSSR count). The van der Waals surface area contributed by atoms with Crippen LogP contribution in [0.15, 0.2) is 74.9 Å². The summed E-state index contributed by atoms with van der Waals surface area (Å²) < 4.78 is 12.1. The van der Waals surface area contributed by atoms with Gasteiger partial charge in [-0.1, -0.05) is 29.8 Å². The standard InChI is InChI=1S/C27H22BrClN2O5S2/c1-35-22-11-17(10-21(28)25(22)36-15-16-6-8-18(29)9-7-16)12-23-26(33)31(27(34)38-23)14-24(32)30-19-4-3-5-20(13-19)37-2/h3-13H,14-15H2,1-2H3,(H,30,32)/b23-12+. The Hall–Kier alpha value is -2.92. The van der Waals surface area contributed by atoms with E-state index in [1.807, 2.05) is 36.6 Å². The van der Waals surface area contributed by atoms with E-state index in [1.54, 1.807) is 48.2 Å². The fraction of sp³-hybridized carbons (Fsp3) is 0.148. The van der Waals surface area contributed by atoms with Crippen molar-refractivity contribution >= 4 is 79.9 Å². The van der Waals surface area contributed by atoms with Crippen LogP contribution in [0.25, 0.3) is 6.08 Å². The molecule has 196 valence electrons. The first-order chi connectivity index (χ1) is 18.3. The van der Waals surface area contributed by atoms with Gasteiger partial charge in [0, 0.05) is 15.6 Å². The third-order valence-electron chi connectivity index (χ3n) is 5.37. The molecule has 0 aliphatic carbocycles. The topological polar surface area (TPSA) is 84.9 Å². The number of amides is 3. The summed E-state index contributed by atoms with van der Waals surface area (Å²) in [7, 11) is 1.52. The average molecular weight is 634 g/mol. The minimum Gasteiger partial charge on any atom is -0.493 e. The molecule has 3 aromatic rings. The van der Waals surface area contributed by atoms with Crippen molar-refractivity contribution in [2.45, 2.75) is 11.5 Å². The lowest BCUT2D eigenvalue weighted by Gasteiger charge is -2.14. The minimum atomic E-state index is -0.536. The molecule has 3 aromatic carbocycles. The summed E-state index contributed by atoms with van der Waals surface area (Å²) in [4.78, 5) is 40.2. The maximum Gasteiger partial charge on any atom is 0.294 e. The van der Waals surface area contributed by atoms with Crippen molar-refractivity contribution in [2.75, 3.05) is 25.2 Å². The Morgan fingerprint density at radius 1 is 1.16 bits per heavy atom. The number of rotatable bonds is 9. The summed E-state index contributed by atoms with van der Waals surface area (Å²) in [5, 5.41) is 2.86. The molecule has 0 saturated carbocycles. The van der Waals surface area contributed by atoms with Crippen LogP contribution in [0.1, 0.15) is 11.1 Å². The van der Waals surface area contributed by atoms with E-state index < -0.39 is 17.1 Å². The number of carbonyl (C=O) groups excluding carboxylic acids is 3. The van der Waals surface area contributed by atoms with E-state index in [1.165, 1.54) is 7.11 Å². The highest BCUT2D eigenvalue weighted by Crippen LogP contribution is 2.39. The van der Waals surface area contributed by atoms with Crippen molar-refractivity contribution in [1.82, 2.24) is 4.90 Å². The van der Waals surface area contributed by atoms with Crippen molar-refractivity contribution in [1.29, 1.82) is 0 Å². The van der Waals surface area contributed by atoms with E-state index in [9.17, 15) is 14.4 Å². The summed E-state index contributed by atoms with van der Waals surface area (Å²) in [6.07, 6.45) is 3.52. The lowest BCUT2D eigenvalue weighted by Crippen LogP contribution is -2.36. The molecule has 0 atom stereocenters. The van der Waals surface area contributed by atoms with E-state index in [-0.39, 0.29) is 11.4 Å². The van der Waals surface area contributed by atoms with Gasteiger partial charge in [0.05, 0.1) is 16.5 Å². The Balaban J connectivity index is 1.45. The lowest BCUT2D eigenvalue weighted by atomic mass is 10.1. The maximum absolute atomic E-state index is 13.0. The molecule has 1 fully saturated rings. The quantitative estimate of drug-likeness (QED) is 0.199. The second kappa shape index (κ2) is 12.8. The highest BCUT2D eigenvalue weighted by atomic mass is 79.9. The van der Waals surface area contributed by atoms with Gasteiger partial charge in [-0.2, -0.15) is 0 Å². The zero-order valence-electron chi connectivity index (χ0n) is 20.3. The number of nitrogens with zero attached hydrogens (tertiary/aromatic N) is 1. The van der Waals surface area contributed by atoms with E-state index in [2.05, 4.69) is 21.2 Å². The molecule has 3 amide bonds. The SMILES string of the molecule is COc1cc(/C=C2/SC(=O)N(CC(=O)Nc3cccc(SC)c3)C2=O)cc(Br)c1OCc1ccc(Cl)cc1. The highest BCUT2D eigenvalue weighted by Gasteiger charge is 2.36.